The molecule has 1 unspecified atom stereocenters. The van der Waals surface area contributed by atoms with Crippen LogP contribution in [0, 0.1) is 0 Å². The molecular formula is C25H29ClN6O4. The Hall–Kier alpha value is -3.47. The maximum Gasteiger partial charge on any atom is 0.267 e. The van der Waals surface area contributed by atoms with Crippen LogP contribution in [-0.4, -0.2) is 70.3 Å². The Bertz CT molecular complexity index is 1370. The molecule has 10 nitrogen and oxygen atoms in total. The minimum absolute atomic E-state index is 0.155. The average molecular weight is 513 g/mol. The molecule has 0 aliphatic carbocycles. The van der Waals surface area contributed by atoms with Gasteiger partial charge in [0.05, 0.1) is 35.1 Å². The number of ketones is 1. The minimum Gasteiger partial charge on any atom is -0.394 e. The van der Waals surface area contributed by atoms with Crippen molar-refractivity contribution in [3.8, 4) is 0 Å². The molecule has 5 N–H and O–H groups in total. The fourth-order valence-electron chi connectivity index (χ4n) is 4.36. The topological polar surface area (TPSA) is 142 Å². The molecule has 0 spiro atoms. The number of nitrogens with two attached hydrogens (primary N) is 1. The van der Waals surface area contributed by atoms with Crippen LogP contribution in [0.5, 0.6) is 0 Å². The molecule has 1 aliphatic rings. The van der Waals surface area contributed by atoms with Gasteiger partial charge in [0.2, 0.25) is 5.91 Å². The van der Waals surface area contributed by atoms with E-state index in [1.807, 2.05) is 30.9 Å². The van der Waals surface area contributed by atoms with Crippen LogP contribution in [0.25, 0.3) is 21.8 Å². The van der Waals surface area contributed by atoms with E-state index in [4.69, 9.17) is 22.1 Å². The molecule has 0 saturated carbocycles. The second kappa shape index (κ2) is 10.3. The number of rotatable bonds is 7. The van der Waals surface area contributed by atoms with Gasteiger partial charge in [-0.3, -0.25) is 24.3 Å². The van der Waals surface area contributed by atoms with Crippen LogP contribution in [0.2, 0.25) is 5.02 Å². The first kappa shape index (κ1) is 25.6. The van der Waals surface area contributed by atoms with Crippen molar-refractivity contribution in [2.75, 3.05) is 31.6 Å². The normalized spacial score (nSPS) is 18.3. The number of amides is 2. The van der Waals surface area contributed by atoms with Gasteiger partial charge in [0.1, 0.15) is 11.7 Å². The average Bonchev–Trinajstić information content (AvgIpc) is 3.17. The summed E-state index contributed by atoms with van der Waals surface area (Å²) in [6.07, 6.45) is 4.51. The summed E-state index contributed by atoms with van der Waals surface area (Å²) in [5.41, 5.74) is 7.16. The van der Waals surface area contributed by atoms with E-state index in [1.54, 1.807) is 18.5 Å². The third kappa shape index (κ3) is 5.67. The Balaban J connectivity index is 1.51. The van der Waals surface area contributed by atoms with E-state index >= 15 is 0 Å². The predicted octanol–water partition coefficient (Wildman–Crippen LogP) is 2.34. The Morgan fingerprint density at radius 2 is 2.11 bits per heavy atom. The van der Waals surface area contributed by atoms with Gasteiger partial charge in [0.15, 0.2) is 5.78 Å². The van der Waals surface area contributed by atoms with Gasteiger partial charge in [0, 0.05) is 47.7 Å². The van der Waals surface area contributed by atoms with Gasteiger partial charge in [-0.25, -0.2) is 0 Å². The van der Waals surface area contributed by atoms with E-state index in [0.29, 0.717) is 23.8 Å². The SMILES string of the molecule is CC(=O)C=C(N)C(=O)NCCN1CC(C)(C)OCC1C(=O)Nc1cc(Cl)cc2c1[nH]c1cnccc12. The highest BCUT2D eigenvalue weighted by Gasteiger charge is 2.37. The molecule has 1 fully saturated rings. The zero-order chi connectivity index (χ0) is 26.0. The number of morpholine rings is 1. The summed E-state index contributed by atoms with van der Waals surface area (Å²) in [5.74, 6) is -1.10. The predicted molar refractivity (Wildman–Crippen MR) is 139 cm³/mol. The van der Waals surface area contributed by atoms with Crippen molar-refractivity contribution in [2.45, 2.75) is 32.4 Å². The van der Waals surface area contributed by atoms with E-state index in [2.05, 4.69) is 20.6 Å². The van der Waals surface area contributed by atoms with Crippen LogP contribution in [0.15, 0.2) is 42.4 Å². The fraction of sp³-hybridized carbons (Fsp3) is 0.360. The molecule has 2 aromatic heterocycles. The van der Waals surface area contributed by atoms with Crippen LogP contribution in [-0.2, 0) is 19.1 Å². The number of aromatic amines is 1. The lowest BCUT2D eigenvalue weighted by Crippen LogP contribution is -2.59. The Morgan fingerprint density at radius 1 is 1.33 bits per heavy atom. The number of hydrogen-bond acceptors (Lipinski definition) is 7. The van der Waals surface area contributed by atoms with Crippen molar-refractivity contribution in [3.63, 3.8) is 0 Å². The quantitative estimate of drug-likeness (QED) is 0.356. The lowest BCUT2D eigenvalue weighted by molar-refractivity contribution is -0.143. The van der Waals surface area contributed by atoms with E-state index in [9.17, 15) is 14.4 Å². The summed E-state index contributed by atoms with van der Waals surface area (Å²) in [7, 11) is 0. The summed E-state index contributed by atoms with van der Waals surface area (Å²) in [6, 6.07) is 4.84. The largest absolute Gasteiger partial charge is 0.394 e. The van der Waals surface area contributed by atoms with Gasteiger partial charge < -0.3 is 26.1 Å². The Morgan fingerprint density at radius 3 is 2.86 bits per heavy atom. The molecule has 190 valence electrons. The highest BCUT2D eigenvalue weighted by molar-refractivity contribution is 6.33. The summed E-state index contributed by atoms with van der Waals surface area (Å²) in [4.78, 5) is 46.1. The first-order chi connectivity index (χ1) is 17.0. The van der Waals surface area contributed by atoms with E-state index in [-0.39, 0.29) is 30.5 Å². The molecule has 3 heterocycles. The smallest absolute Gasteiger partial charge is 0.267 e. The first-order valence-electron chi connectivity index (χ1n) is 11.5. The molecule has 1 aromatic carbocycles. The number of aromatic nitrogens is 2. The number of carbonyl (C=O) groups excluding carboxylic acids is 3. The number of halogens is 1. The zero-order valence-corrected chi connectivity index (χ0v) is 21.1. The van der Waals surface area contributed by atoms with Crippen molar-refractivity contribution in [1.82, 2.24) is 20.2 Å². The van der Waals surface area contributed by atoms with Crippen LogP contribution >= 0.6 is 11.6 Å². The fourth-order valence-corrected chi connectivity index (χ4v) is 4.58. The number of anilines is 1. The van der Waals surface area contributed by atoms with Crippen LogP contribution in [0.1, 0.15) is 20.8 Å². The number of hydrogen-bond donors (Lipinski definition) is 4. The molecule has 1 aliphatic heterocycles. The standard InChI is InChI=1S/C25H29ClN6O4/c1-14(33)8-18(27)23(34)29-6-7-32-13-25(2,3)36-12-21(32)24(35)31-19-10-15(26)9-17-16-4-5-28-11-20(16)30-22(17)19/h4-5,8-11,21,30H,6-7,12-13,27H2,1-3H3,(H,29,34)(H,31,35). The van der Waals surface area contributed by atoms with E-state index in [0.717, 1.165) is 27.9 Å². The number of benzene rings is 1. The van der Waals surface area contributed by atoms with Crippen LogP contribution in [0.4, 0.5) is 5.69 Å². The second-order valence-electron chi connectivity index (χ2n) is 9.43. The molecule has 1 saturated heterocycles. The minimum atomic E-state index is -0.597. The van der Waals surface area contributed by atoms with Gasteiger partial charge in [-0.1, -0.05) is 11.6 Å². The number of ether oxygens (including phenoxy) is 1. The molecule has 11 heteroatoms. The van der Waals surface area contributed by atoms with Gasteiger partial charge in [0.25, 0.3) is 5.91 Å². The highest BCUT2D eigenvalue weighted by Crippen LogP contribution is 2.33. The molecule has 3 aromatic rings. The molecule has 1 atom stereocenters. The third-order valence-electron chi connectivity index (χ3n) is 6.00. The summed E-state index contributed by atoms with van der Waals surface area (Å²) in [6.45, 7) is 6.48. The number of carbonyl (C=O) groups is 3. The number of fused-ring (bicyclic) bond motifs is 3. The number of nitrogens with one attached hydrogen (secondary N) is 3. The van der Waals surface area contributed by atoms with Crippen LogP contribution < -0.4 is 16.4 Å². The molecule has 0 bridgehead atoms. The summed E-state index contributed by atoms with van der Waals surface area (Å²) in [5, 5.41) is 8.02. The van der Waals surface area contributed by atoms with Crippen molar-refractivity contribution in [3.05, 3.63) is 47.4 Å². The van der Waals surface area contributed by atoms with E-state index in [1.165, 1.54) is 6.92 Å². The molecular weight excluding hydrogens is 484 g/mol. The third-order valence-corrected chi connectivity index (χ3v) is 6.21. The van der Waals surface area contributed by atoms with Gasteiger partial charge in [-0.05, 0) is 39.0 Å². The maximum atomic E-state index is 13.4. The lowest BCUT2D eigenvalue weighted by atomic mass is 10.0. The summed E-state index contributed by atoms with van der Waals surface area (Å²) < 4.78 is 5.94. The van der Waals surface area contributed by atoms with Gasteiger partial charge in [-0.2, -0.15) is 0 Å². The molecule has 2 amide bonds. The van der Waals surface area contributed by atoms with Crippen LogP contribution in [0.3, 0.4) is 0 Å². The molecule has 4 rings (SSSR count). The lowest BCUT2D eigenvalue weighted by Gasteiger charge is -2.42. The van der Waals surface area contributed by atoms with Gasteiger partial charge >= 0.3 is 0 Å². The van der Waals surface area contributed by atoms with Crippen molar-refractivity contribution in [1.29, 1.82) is 0 Å². The maximum absolute atomic E-state index is 13.4. The van der Waals surface area contributed by atoms with Crippen molar-refractivity contribution in [2.24, 2.45) is 5.73 Å². The molecule has 0 radical (unpaired) electrons. The Kier molecular flexibility index (Phi) is 7.30. The van der Waals surface area contributed by atoms with Crippen molar-refractivity contribution < 1.29 is 19.1 Å². The van der Waals surface area contributed by atoms with E-state index < -0.39 is 17.6 Å². The number of H-pyrrole nitrogens is 1. The van der Waals surface area contributed by atoms with Gasteiger partial charge in [-0.15, -0.1) is 0 Å². The Labute approximate surface area is 213 Å². The highest BCUT2D eigenvalue weighted by atomic mass is 35.5. The van der Waals surface area contributed by atoms with Crippen molar-refractivity contribution >= 4 is 56.7 Å². The summed E-state index contributed by atoms with van der Waals surface area (Å²) >= 11 is 6.38. The number of nitrogens with zero attached hydrogens (tertiary/aromatic N) is 2. The zero-order valence-electron chi connectivity index (χ0n) is 20.4. The molecule has 36 heavy (non-hydrogen) atoms. The number of pyridine rings is 1. The first-order valence-corrected chi connectivity index (χ1v) is 11.9. The number of allylic oxidation sites excluding steroid dienone is 1. The second-order valence-corrected chi connectivity index (χ2v) is 9.87. The monoisotopic (exact) mass is 512 g/mol.